The quantitative estimate of drug-likeness (QED) is 0.440. The predicted octanol–water partition coefficient (Wildman–Crippen LogP) is 5.10. The van der Waals surface area contributed by atoms with E-state index >= 15 is 0 Å². The van der Waals surface area contributed by atoms with Gasteiger partial charge in [0.1, 0.15) is 4.88 Å². The molecule has 2 aromatic carbocycles. The van der Waals surface area contributed by atoms with Gasteiger partial charge in [0.25, 0.3) is 5.91 Å². The number of thiazole rings is 1. The number of nitrogens with zero attached hydrogens (tertiary/aromatic N) is 4. The van der Waals surface area contributed by atoms with Gasteiger partial charge in [-0.15, -0.1) is 0 Å². The molecule has 0 saturated carbocycles. The van der Waals surface area contributed by atoms with Gasteiger partial charge in [0.15, 0.2) is 0 Å². The number of benzene rings is 2. The molecule has 30 heavy (non-hydrogen) atoms. The molecular weight excluding hydrogens is 392 g/mol. The fraction of sp³-hybridized carbons (Fsp3) is 0.208. The lowest BCUT2D eigenvalue weighted by atomic mass is 10.1. The van der Waals surface area contributed by atoms with Crippen LogP contribution in [0.2, 0.25) is 0 Å². The van der Waals surface area contributed by atoms with Crippen LogP contribution in [0.4, 0.5) is 0 Å². The van der Waals surface area contributed by atoms with Crippen molar-refractivity contribution in [2.45, 2.75) is 33.9 Å². The van der Waals surface area contributed by atoms with Gasteiger partial charge in [0.05, 0.1) is 11.4 Å². The summed E-state index contributed by atoms with van der Waals surface area (Å²) in [6.07, 6.45) is 0. The van der Waals surface area contributed by atoms with E-state index in [2.05, 4.69) is 10.1 Å². The van der Waals surface area contributed by atoms with E-state index in [0.29, 0.717) is 18.0 Å². The molecule has 0 bridgehead atoms. The van der Waals surface area contributed by atoms with Gasteiger partial charge in [0, 0.05) is 18.8 Å². The third kappa shape index (κ3) is 4.33. The molecular formula is C24H24N4OS. The van der Waals surface area contributed by atoms with E-state index in [4.69, 9.17) is 0 Å². The Balaban J connectivity index is 1.66. The average molecular weight is 417 g/mol. The van der Waals surface area contributed by atoms with Crippen LogP contribution in [-0.2, 0) is 13.1 Å². The van der Waals surface area contributed by atoms with Gasteiger partial charge in [0.2, 0.25) is 5.13 Å². The number of carbonyl (C=O) groups excluding carboxylic acids is 1. The number of rotatable bonds is 6. The fourth-order valence-corrected chi connectivity index (χ4v) is 4.49. The number of hydrogen-bond acceptors (Lipinski definition) is 4. The van der Waals surface area contributed by atoms with Crippen LogP contribution in [-0.4, -0.2) is 25.6 Å². The van der Waals surface area contributed by atoms with Crippen LogP contribution in [0.15, 0.2) is 66.7 Å². The highest BCUT2D eigenvalue weighted by atomic mass is 32.1. The largest absolute Gasteiger partial charge is 0.329 e. The topological polar surface area (TPSA) is 51.0 Å². The third-order valence-corrected chi connectivity index (χ3v) is 6.01. The van der Waals surface area contributed by atoms with Gasteiger partial charge in [-0.05, 0) is 38.0 Å². The summed E-state index contributed by atoms with van der Waals surface area (Å²) in [5.41, 5.74) is 4.87. The molecule has 6 heteroatoms. The van der Waals surface area contributed by atoms with Gasteiger partial charge in [-0.2, -0.15) is 5.10 Å². The Morgan fingerprint density at radius 2 is 1.50 bits per heavy atom. The van der Waals surface area contributed by atoms with Crippen molar-refractivity contribution in [2.75, 3.05) is 0 Å². The van der Waals surface area contributed by atoms with Crippen LogP contribution < -0.4 is 0 Å². The van der Waals surface area contributed by atoms with Crippen LogP contribution in [0, 0.1) is 20.8 Å². The van der Waals surface area contributed by atoms with Crippen molar-refractivity contribution < 1.29 is 4.79 Å². The van der Waals surface area contributed by atoms with E-state index in [1.807, 2.05) is 97.1 Å². The smallest absolute Gasteiger partial charge is 0.266 e. The summed E-state index contributed by atoms with van der Waals surface area (Å²) in [5.74, 6) is -0.00881. The molecule has 152 valence electrons. The first-order chi connectivity index (χ1) is 14.5. The molecule has 0 aliphatic rings. The molecule has 2 aromatic heterocycles. The maximum absolute atomic E-state index is 13.6. The molecule has 4 aromatic rings. The van der Waals surface area contributed by atoms with E-state index in [9.17, 15) is 4.79 Å². The van der Waals surface area contributed by atoms with Crippen molar-refractivity contribution in [2.24, 2.45) is 0 Å². The Morgan fingerprint density at radius 3 is 2.00 bits per heavy atom. The molecule has 0 aliphatic carbocycles. The van der Waals surface area contributed by atoms with Crippen LogP contribution >= 0.6 is 11.3 Å². The molecule has 4 rings (SSSR count). The minimum Gasteiger partial charge on any atom is -0.329 e. The molecule has 0 saturated heterocycles. The summed E-state index contributed by atoms with van der Waals surface area (Å²) in [7, 11) is 0. The second kappa shape index (κ2) is 8.63. The van der Waals surface area contributed by atoms with Crippen LogP contribution in [0.3, 0.4) is 0 Å². The minimum atomic E-state index is -0.00881. The number of amides is 1. The molecule has 0 radical (unpaired) electrons. The lowest BCUT2D eigenvalue weighted by molar-refractivity contribution is 0.0734. The van der Waals surface area contributed by atoms with Gasteiger partial charge in [-0.25, -0.2) is 9.67 Å². The summed E-state index contributed by atoms with van der Waals surface area (Å²) in [4.78, 5) is 20.8. The van der Waals surface area contributed by atoms with Crippen LogP contribution in [0.1, 0.15) is 37.9 Å². The SMILES string of the molecule is Cc1cc(C)n(-c2nc(C)c(C(=O)N(Cc3ccccc3)Cc3ccccc3)s2)n1. The van der Waals surface area contributed by atoms with E-state index < -0.39 is 0 Å². The van der Waals surface area contributed by atoms with E-state index in [-0.39, 0.29) is 5.91 Å². The zero-order valence-corrected chi connectivity index (χ0v) is 18.2. The number of carbonyl (C=O) groups is 1. The Kier molecular flexibility index (Phi) is 5.77. The summed E-state index contributed by atoms with van der Waals surface area (Å²) < 4.78 is 1.81. The van der Waals surface area contributed by atoms with Crippen molar-refractivity contribution in [3.05, 3.63) is 99.8 Å². The zero-order chi connectivity index (χ0) is 21.1. The molecule has 0 unspecified atom stereocenters. The molecule has 2 heterocycles. The lowest BCUT2D eigenvalue weighted by Crippen LogP contribution is -2.30. The van der Waals surface area contributed by atoms with E-state index in [1.165, 1.54) is 11.3 Å². The van der Waals surface area contributed by atoms with Crippen molar-refractivity contribution in [1.82, 2.24) is 19.7 Å². The Morgan fingerprint density at radius 1 is 0.933 bits per heavy atom. The second-order valence-corrected chi connectivity index (χ2v) is 8.36. The van der Waals surface area contributed by atoms with Crippen molar-refractivity contribution >= 4 is 17.2 Å². The highest BCUT2D eigenvalue weighted by Gasteiger charge is 2.23. The molecule has 0 spiro atoms. The number of aryl methyl sites for hydroxylation is 3. The molecule has 1 amide bonds. The average Bonchev–Trinajstić information content (AvgIpc) is 3.29. The summed E-state index contributed by atoms with van der Waals surface area (Å²) in [6.45, 7) is 6.93. The second-order valence-electron chi connectivity index (χ2n) is 7.38. The first-order valence-electron chi connectivity index (χ1n) is 9.89. The predicted molar refractivity (Wildman–Crippen MR) is 120 cm³/mol. The summed E-state index contributed by atoms with van der Waals surface area (Å²) in [5, 5.41) is 5.24. The Hall–Kier alpha value is -3.25. The van der Waals surface area contributed by atoms with Crippen LogP contribution in [0.25, 0.3) is 5.13 Å². The van der Waals surface area contributed by atoms with E-state index in [0.717, 1.165) is 33.3 Å². The Labute approximate surface area is 180 Å². The molecule has 0 aliphatic heterocycles. The fourth-order valence-electron chi connectivity index (χ4n) is 3.44. The first kappa shape index (κ1) is 20.0. The zero-order valence-electron chi connectivity index (χ0n) is 17.4. The molecule has 0 fully saturated rings. The molecule has 5 nitrogen and oxygen atoms in total. The van der Waals surface area contributed by atoms with Crippen molar-refractivity contribution in [3.63, 3.8) is 0 Å². The normalized spacial score (nSPS) is 10.9. The number of aromatic nitrogens is 3. The first-order valence-corrected chi connectivity index (χ1v) is 10.7. The summed E-state index contributed by atoms with van der Waals surface area (Å²) in [6, 6.07) is 22.2. The van der Waals surface area contributed by atoms with Gasteiger partial charge in [-0.1, -0.05) is 72.0 Å². The monoisotopic (exact) mass is 416 g/mol. The molecule has 0 atom stereocenters. The maximum atomic E-state index is 13.6. The van der Waals surface area contributed by atoms with Gasteiger partial charge >= 0.3 is 0 Å². The van der Waals surface area contributed by atoms with Crippen molar-refractivity contribution in [1.29, 1.82) is 0 Å². The third-order valence-electron chi connectivity index (χ3n) is 4.89. The van der Waals surface area contributed by atoms with Crippen molar-refractivity contribution in [3.8, 4) is 5.13 Å². The Bertz CT molecular complexity index is 1110. The van der Waals surface area contributed by atoms with Gasteiger partial charge in [-0.3, -0.25) is 4.79 Å². The lowest BCUT2D eigenvalue weighted by Gasteiger charge is -2.22. The highest BCUT2D eigenvalue weighted by molar-refractivity contribution is 7.16. The molecule has 0 N–H and O–H groups in total. The van der Waals surface area contributed by atoms with Gasteiger partial charge < -0.3 is 4.90 Å². The standard InChI is InChI=1S/C24H24N4OS/c1-17-14-18(2)28(26-17)24-25-19(3)22(30-24)23(29)27(15-20-10-6-4-7-11-20)16-21-12-8-5-9-13-21/h4-14H,15-16H2,1-3H3. The summed E-state index contributed by atoms with van der Waals surface area (Å²) >= 11 is 1.40. The maximum Gasteiger partial charge on any atom is 0.266 e. The number of hydrogen-bond donors (Lipinski definition) is 0. The van der Waals surface area contributed by atoms with E-state index in [1.54, 1.807) is 0 Å². The minimum absolute atomic E-state index is 0.00881. The highest BCUT2D eigenvalue weighted by Crippen LogP contribution is 2.25. The van der Waals surface area contributed by atoms with Crippen LogP contribution in [0.5, 0.6) is 0 Å².